The molecule has 5 heteroatoms. The Morgan fingerprint density at radius 3 is 2.32 bits per heavy atom. The van der Waals surface area contributed by atoms with Crippen LogP contribution in [0.25, 0.3) is 0 Å². The van der Waals surface area contributed by atoms with E-state index in [-0.39, 0.29) is 5.75 Å². The molecule has 19 heavy (non-hydrogen) atoms. The lowest BCUT2D eigenvalue weighted by atomic mass is 9.91. The number of carbonyl (C=O) groups excluding carboxylic acids is 1. The van der Waals surface area contributed by atoms with Gasteiger partial charge in [-0.1, -0.05) is 37.6 Å². The maximum absolute atomic E-state index is 12.1. The Labute approximate surface area is 118 Å². The number of Topliss-reactive ketones (excluding diaryl/α,β-unsaturated/α-hetero) is 1. The minimum Gasteiger partial charge on any atom is -0.480 e. The Balaban J connectivity index is 2.91. The van der Waals surface area contributed by atoms with Crippen LogP contribution in [0.1, 0.15) is 35.7 Å². The van der Waals surface area contributed by atoms with Crippen LogP contribution in [0.2, 0.25) is 0 Å². The summed E-state index contributed by atoms with van der Waals surface area (Å²) in [4.78, 5) is 23.2. The van der Waals surface area contributed by atoms with Crippen molar-refractivity contribution in [3.8, 4) is 0 Å². The Morgan fingerprint density at radius 2 is 1.89 bits per heavy atom. The molecule has 1 aromatic carbocycles. The van der Waals surface area contributed by atoms with E-state index in [1.807, 2.05) is 12.1 Å². The molecule has 0 saturated carbocycles. The summed E-state index contributed by atoms with van der Waals surface area (Å²) in [5, 5.41) is 9.04. The first-order valence-electron chi connectivity index (χ1n) is 6.22. The van der Waals surface area contributed by atoms with Gasteiger partial charge in [0, 0.05) is 11.3 Å². The molecule has 0 bridgehead atoms. The van der Waals surface area contributed by atoms with Crippen LogP contribution in [0.3, 0.4) is 0 Å². The van der Waals surface area contributed by atoms with Crippen molar-refractivity contribution < 1.29 is 14.7 Å². The summed E-state index contributed by atoms with van der Waals surface area (Å²) in [5.41, 5.74) is 5.08. The predicted molar refractivity (Wildman–Crippen MR) is 77.8 cm³/mol. The first-order chi connectivity index (χ1) is 8.95. The third kappa shape index (κ3) is 3.58. The van der Waals surface area contributed by atoms with Gasteiger partial charge >= 0.3 is 5.97 Å². The van der Waals surface area contributed by atoms with Gasteiger partial charge < -0.3 is 10.8 Å². The van der Waals surface area contributed by atoms with Crippen LogP contribution in [0.15, 0.2) is 24.3 Å². The number of rotatable bonds is 7. The van der Waals surface area contributed by atoms with Gasteiger partial charge in [0.05, 0.1) is 0 Å². The fourth-order valence-corrected chi connectivity index (χ4v) is 1.98. The lowest BCUT2D eigenvalue weighted by Gasteiger charge is -2.20. The quantitative estimate of drug-likeness (QED) is 0.405. The Morgan fingerprint density at radius 1 is 1.32 bits per heavy atom. The molecule has 0 radical (unpaired) electrons. The summed E-state index contributed by atoms with van der Waals surface area (Å²) in [6.45, 7) is 2.11. The number of carbonyl (C=O) groups is 2. The molecular weight excluding hydrogens is 262 g/mol. The molecule has 1 atom stereocenters. The third-order valence-corrected chi connectivity index (χ3v) is 3.57. The summed E-state index contributed by atoms with van der Waals surface area (Å²) in [6, 6.07) is 6.93. The maximum Gasteiger partial charge on any atom is 0.332 e. The monoisotopic (exact) mass is 281 g/mol. The molecule has 1 rings (SSSR count). The summed E-state index contributed by atoms with van der Waals surface area (Å²) in [7, 11) is 0. The molecule has 3 N–H and O–H groups in total. The normalized spacial score (nSPS) is 13.8. The lowest BCUT2D eigenvalue weighted by molar-refractivity contribution is -0.140. The van der Waals surface area contributed by atoms with Gasteiger partial charge in [0.25, 0.3) is 0 Å². The van der Waals surface area contributed by atoms with Crippen molar-refractivity contribution in [3.63, 3.8) is 0 Å². The highest BCUT2D eigenvalue weighted by Crippen LogP contribution is 2.15. The van der Waals surface area contributed by atoms with Gasteiger partial charge in [-0.3, -0.25) is 4.79 Å². The molecule has 0 amide bonds. The number of ketones is 1. The van der Waals surface area contributed by atoms with Crippen molar-refractivity contribution in [3.05, 3.63) is 35.4 Å². The molecule has 4 nitrogen and oxygen atoms in total. The van der Waals surface area contributed by atoms with Crippen molar-refractivity contribution in [2.45, 2.75) is 31.7 Å². The number of aliphatic carboxylic acids is 1. The number of aryl methyl sites for hydroxylation is 1. The van der Waals surface area contributed by atoms with Gasteiger partial charge in [0.15, 0.2) is 11.3 Å². The first kappa shape index (κ1) is 15.7. The van der Waals surface area contributed by atoms with E-state index in [2.05, 4.69) is 19.6 Å². The number of carboxylic acid groups (broad SMARTS) is 1. The van der Waals surface area contributed by atoms with Gasteiger partial charge in [0.2, 0.25) is 0 Å². The Bertz CT molecular complexity index is 458. The highest BCUT2D eigenvalue weighted by atomic mass is 32.1. The number of thiol groups is 1. The van der Waals surface area contributed by atoms with E-state index < -0.39 is 17.3 Å². The van der Waals surface area contributed by atoms with Gasteiger partial charge in [-0.25, -0.2) is 4.79 Å². The van der Waals surface area contributed by atoms with E-state index in [9.17, 15) is 9.59 Å². The van der Waals surface area contributed by atoms with Gasteiger partial charge in [-0.15, -0.1) is 0 Å². The Hall–Kier alpha value is -1.33. The van der Waals surface area contributed by atoms with Crippen LogP contribution in [-0.2, 0) is 11.2 Å². The summed E-state index contributed by atoms with van der Waals surface area (Å²) in [6.07, 6.45) is 3.13. The third-order valence-electron chi connectivity index (χ3n) is 3.07. The van der Waals surface area contributed by atoms with Crippen molar-refractivity contribution in [1.82, 2.24) is 0 Å². The van der Waals surface area contributed by atoms with Crippen molar-refractivity contribution in [1.29, 1.82) is 0 Å². The molecule has 0 unspecified atom stereocenters. The van der Waals surface area contributed by atoms with E-state index >= 15 is 0 Å². The first-order valence-corrected chi connectivity index (χ1v) is 6.85. The largest absolute Gasteiger partial charge is 0.480 e. The van der Waals surface area contributed by atoms with Crippen LogP contribution in [0.4, 0.5) is 0 Å². The minimum absolute atomic E-state index is 0.237. The molecule has 0 spiro atoms. The summed E-state index contributed by atoms with van der Waals surface area (Å²) < 4.78 is 0. The average Bonchev–Trinajstić information content (AvgIpc) is 2.43. The number of unbranched alkanes of at least 4 members (excludes halogenated alkanes) is 1. The van der Waals surface area contributed by atoms with Crippen LogP contribution in [-0.4, -0.2) is 28.2 Å². The average molecular weight is 281 g/mol. The van der Waals surface area contributed by atoms with Crippen molar-refractivity contribution >= 4 is 24.4 Å². The van der Waals surface area contributed by atoms with Gasteiger partial charge in [-0.05, 0) is 18.4 Å². The van der Waals surface area contributed by atoms with E-state index in [4.69, 9.17) is 10.8 Å². The second kappa shape index (κ2) is 6.73. The molecule has 0 aliphatic carbocycles. The molecule has 0 heterocycles. The van der Waals surface area contributed by atoms with Crippen molar-refractivity contribution in [2.24, 2.45) is 5.73 Å². The molecule has 104 valence electrons. The zero-order valence-electron chi connectivity index (χ0n) is 10.9. The smallest absolute Gasteiger partial charge is 0.332 e. The van der Waals surface area contributed by atoms with Gasteiger partial charge in [-0.2, -0.15) is 12.6 Å². The fourth-order valence-electron chi connectivity index (χ4n) is 1.70. The van der Waals surface area contributed by atoms with E-state index in [1.165, 1.54) is 0 Å². The maximum atomic E-state index is 12.1. The van der Waals surface area contributed by atoms with Crippen LogP contribution in [0.5, 0.6) is 0 Å². The van der Waals surface area contributed by atoms with Crippen LogP contribution < -0.4 is 5.73 Å². The zero-order chi connectivity index (χ0) is 14.5. The second-order valence-electron chi connectivity index (χ2n) is 4.56. The SMILES string of the molecule is CCCCc1ccc(C(=O)[C@](N)(CS)C(=O)O)cc1. The minimum atomic E-state index is -1.96. The molecule has 0 aliphatic rings. The van der Waals surface area contributed by atoms with Crippen LogP contribution >= 0.6 is 12.6 Å². The van der Waals surface area contributed by atoms with Crippen molar-refractivity contribution in [2.75, 3.05) is 5.75 Å². The van der Waals surface area contributed by atoms with E-state index in [1.54, 1.807) is 12.1 Å². The number of hydrogen-bond acceptors (Lipinski definition) is 4. The number of nitrogens with two attached hydrogens (primary N) is 1. The lowest BCUT2D eigenvalue weighted by Crippen LogP contribution is -2.56. The molecule has 1 aromatic rings. The fraction of sp³-hybridized carbons (Fsp3) is 0.429. The summed E-state index contributed by atoms with van der Waals surface area (Å²) in [5.74, 6) is -2.21. The summed E-state index contributed by atoms with van der Waals surface area (Å²) >= 11 is 3.87. The van der Waals surface area contributed by atoms with Crippen LogP contribution in [0, 0.1) is 0 Å². The standard InChI is InChI=1S/C14H19NO3S/c1-2-3-4-10-5-7-11(8-6-10)12(16)14(15,9-19)13(17)18/h5-8,19H,2-4,9,15H2,1H3,(H,17,18)/t14-/m1/s1. The molecule has 0 fully saturated rings. The molecule has 0 saturated heterocycles. The topological polar surface area (TPSA) is 80.4 Å². The molecular formula is C14H19NO3S. The molecule has 0 aromatic heterocycles. The highest BCUT2D eigenvalue weighted by Gasteiger charge is 2.41. The second-order valence-corrected chi connectivity index (χ2v) is 4.88. The van der Waals surface area contributed by atoms with E-state index in [0.717, 1.165) is 24.8 Å². The predicted octanol–water partition coefficient (Wildman–Crippen LogP) is 1.92. The Kier molecular flexibility index (Phi) is 5.57. The number of benzene rings is 1. The molecule has 0 aliphatic heterocycles. The zero-order valence-corrected chi connectivity index (χ0v) is 11.8. The van der Waals surface area contributed by atoms with E-state index in [0.29, 0.717) is 5.56 Å². The number of carboxylic acids is 1. The number of hydrogen-bond donors (Lipinski definition) is 3. The highest BCUT2D eigenvalue weighted by molar-refractivity contribution is 7.80. The van der Waals surface area contributed by atoms with Gasteiger partial charge in [0.1, 0.15) is 0 Å².